The van der Waals surface area contributed by atoms with E-state index in [1.54, 1.807) is 19.2 Å². The molecule has 2 aliphatic heterocycles. The van der Waals surface area contributed by atoms with E-state index in [4.69, 9.17) is 0 Å². The predicted octanol–water partition coefficient (Wildman–Crippen LogP) is 1.55. The van der Waals surface area contributed by atoms with Gasteiger partial charge in [0.15, 0.2) is 0 Å². The highest BCUT2D eigenvalue weighted by Gasteiger charge is 2.34. The van der Waals surface area contributed by atoms with Crippen LogP contribution in [0, 0.1) is 5.82 Å². The number of hydrogen-bond donors (Lipinski definition) is 0. The molecule has 0 aromatic heterocycles. The van der Waals surface area contributed by atoms with Crippen LogP contribution in [0.3, 0.4) is 0 Å². The Balaban J connectivity index is 1.63. The van der Waals surface area contributed by atoms with Gasteiger partial charge >= 0.3 is 0 Å². The first kappa shape index (κ1) is 15.0. The molecule has 1 amide bonds. The van der Waals surface area contributed by atoms with Crippen molar-refractivity contribution in [2.45, 2.75) is 19.4 Å². The number of likely N-dealkylation sites (N-methyl/N-ethyl adjacent to an activating group) is 1. The van der Waals surface area contributed by atoms with E-state index >= 15 is 0 Å². The number of rotatable bonds is 2. The van der Waals surface area contributed by atoms with Crippen LogP contribution >= 0.6 is 0 Å². The summed E-state index contributed by atoms with van der Waals surface area (Å²) in [7, 11) is 1.72. The fourth-order valence-corrected chi connectivity index (χ4v) is 3.16. The van der Waals surface area contributed by atoms with Gasteiger partial charge in [-0.1, -0.05) is 0 Å². The second-order valence-corrected chi connectivity index (χ2v) is 5.92. The van der Waals surface area contributed by atoms with Crippen LogP contribution < -0.4 is 4.90 Å². The lowest BCUT2D eigenvalue weighted by atomic mass is 10.1. The van der Waals surface area contributed by atoms with E-state index in [9.17, 15) is 9.18 Å². The van der Waals surface area contributed by atoms with Gasteiger partial charge in [0.1, 0.15) is 5.82 Å². The first-order valence-corrected chi connectivity index (χ1v) is 7.61. The molecular formula is C16H21FN4O. The molecule has 5 nitrogen and oxygen atoms in total. The van der Waals surface area contributed by atoms with Gasteiger partial charge in [-0.15, -0.1) is 0 Å². The highest BCUT2D eigenvalue weighted by atomic mass is 19.1. The molecule has 6 heteroatoms. The number of halogens is 1. The third-order valence-electron chi connectivity index (χ3n) is 4.36. The van der Waals surface area contributed by atoms with Gasteiger partial charge in [0.05, 0.1) is 6.04 Å². The van der Waals surface area contributed by atoms with E-state index < -0.39 is 0 Å². The summed E-state index contributed by atoms with van der Waals surface area (Å²) < 4.78 is 13.0. The number of hydrazone groups is 1. The lowest BCUT2D eigenvalue weighted by Crippen LogP contribution is -2.56. The fourth-order valence-electron chi connectivity index (χ4n) is 3.16. The summed E-state index contributed by atoms with van der Waals surface area (Å²) >= 11 is 0. The van der Waals surface area contributed by atoms with Crippen LogP contribution in [-0.4, -0.2) is 60.8 Å². The zero-order chi connectivity index (χ0) is 15.7. The monoisotopic (exact) mass is 304 g/mol. The summed E-state index contributed by atoms with van der Waals surface area (Å²) in [6.45, 7) is 5.30. The summed E-state index contributed by atoms with van der Waals surface area (Å²) in [4.78, 5) is 16.7. The highest BCUT2D eigenvalue weighted by molar-refractivity contribution is 5.94. The van der Waals surface area contributed by atoms with Gasteiger partial charge in [0.2, 0.25) is 0 Å². The van der Waals surface area contributed by atoms with Gasteiger partial charge in [-0.2, -0.15) is 5.10 Å². The maximum Gasteiger partial charge on any atom is 0.260 e. The third kappa shape index (κ3) is 2.97. The minimum absolute atomic E-state index is 0.0702. The lowest BCUT2D eigenvalue weighted by molar-refractivity contribution is -0.136. The van der Waals surface area contributed by atoms with Crippen LogP contribution in [0.25, 0.3) is 0 Å². The summed E-state index contributed by atoms with van der Waals surface area (Å²) in [5.74, 6) is -0.145. The molecule has 1 unspecified atom stereocenters. The first-order chi connectivity index (χ1) is 10.5. The van der Waals surface area contributed by atoms with Gasteiger partial charge in [0, 0.05) is 51.0 Å². The summed E-state index contributed by atoms with van der Waals surface area (Å²) in [5.41, 5.74) is 2.03. The van der Waals surface area contributed by atoms with Crippen molar-refractivity contribution in [2.75, 3.05) is 38.1 Å². The number of amides is 1. The summed E-state index contributed by atoms with van der Waals surface area (Å²) in [5, 5.41) is 5.66. The second-order valence-electron chi connectivity index (χ2n) is 5.92. The van der Waals surface area contributed by atoms with Crippen LogP contribution in [0.2, 0.25) is 0 Å². The maximum absolute atomic E-state index is 13.0. The smallest absolute Gasteiger partial charge is 0.260 e. The van der Waals surface area contributed by atoms with Gasteiger partial charge in [-0.3, -0.25) is 9.69 Å². The van der Waals surface area contributed by atoms with E-state index in [0.717, 1.165) is 37.6 Å². The predicted molar refractivity (Wildman–Crippen MR) is 84.5 cm³/mol. The van der Waals surface area contributed by atoms with E-state index in [-0.39, 0.29) is 17.8 Å². The van der Waals surface area contributed by atoms with Crippen LogP contribution in [-0.2, 0) is 4.79 Å². The zero-order valence-corrected chi connectivity index (χ0v) is 13.0. The molecule has 0 saturated carbocycles. The number of benzene rings is 1. The number of nitrogens with zero attached hydrogens (tertiary/aromatic N) is 4. The first-order valence-electron chi connectivity index (χ1n) is 7.61. The third-order valence-corrected chi connectivity index (χ3v) is 4.36. The molecule has 22 heavy (non-hydrogen) atoms. The van der Waals surface area contributed by atoms with E-state index in [1.165, 1.54) is 17.1 Å². The molecule has 0 bridgehead atoms. The number of anilines is 1. The standard InChI is InChI=1S/C16H21FN4O/c1-12-11-15(16(22)19(2)18-12)21-9-7-20(8-10-21)14-5-3-13(17)4-6-14/h3-6,15H,7-11H2,1-2H3. The maximum atomic E-state index is 13.0. The van der Waals surface area contributed by atoms with Gasteiger partial charge in [-0.05, 0) is 31.2 Å². The van der Waals surface area contributed by atoms with Gasteiger partial charge in [0.25, 0.3) is 5.91 Å². The van der Waals surface area contributed by atoms with Crippen molar-refractivity contribution >= 4 is 17.3 Å². The molecular weight excluding hydrogens is 283 g/mol. The Morgan fingerprint density at radius 2 is 1.77 bits per heavy atom. The van der Waals surface area contributed by atoms with Crippen LogP contribution in [0.1, 0.15) is 13.3 Å². The van der Waals surface area contributed by atoms with Crippen molar-refractivity contribution in [1.82, 2.24) is 9.91 Å². The molecule has 1 atom stereocenters. The van der Waals surface area contributed by atoms with E-state index in [2.05, 4.69) is 14.9 Å². The number of carbonyl (C=O) groups is 1. The molecule has 1 fully saturated rings. The molecule has 1 aromatic carbocycles. The van der Waals surface area contributed by atoms with Gasteiger partial charge < -0.3 is 4.90 Å². The van der Waals surface area contributed by atoms with Crippen molar-refractivity contribution in [3.63, 3.8) is 0 Å². The lowest BCUT2D eigenvalue weighted by Gasteiger charge is -2.41. The molecule has 2 aliphatic rings. The molecule has 1 saturated heterocycles. The van der Waals surface area contributed by atoms with Gasteiger partial charge in [-0.25, -0.2) is 9.40 Å². The quantitative estimate of drug-likeness (QED) is 0.832. The van der Waals surface area contributed by atoms with Crippen LogP contribution in [0.5, 0.6) is 0 Å². The number of piperazine rings is 1. The average Bonchev–Trinajstić information content (AvgIpc) is 2.52. The SMILES string of the molecule is CC1=NN(C)C(=O)C(N2CCN(c3ccc(F)cc3)CC2)C1. The Kier molecular flexibility index (Phi) is 4.11. The minimum Gasteiger partial charge on any atom is -0.369 e. The molecule has 1 aromatic rings. The molecule has 3 rings (SSSR count). The Labute approximate surface area is 130 Å². The Morgan fingerprint density at radius 3 is 2.41 bits per heavy atom. The Bertz CT molecular complexity index is 578. The van der Waals surface area contributed by atoms with E-state index in [0.29, 0.717) is 6.42 Å². The average molecular weight is 304 g/mol. The number of carbonyl (C=O) groups excluding carboxylic acids is 1. The van der Waals surface area contributed by atoms with E-state index in [1.807, 2.05) is 6.92 Å². The topological polar surface area (TPSA) is 39.2 Å². The van der Waals surface area contributed by atoms with Crippen molar-refractivity contribution in [1.29, 1.82) is 0 Å². The number of hydrogen-bond acceptors (Lipinski definition) is 4. The minimum atomic E-state index is -0.215. The molecule has 2 heterocycles. The van der Waals surface area contributed by atoms with Crippen molar-refractivity contribution in [3.05, 3.63) is 30.1 Å². The highest BCUT2D eigenvalue weighted by Crippen LogP contribution is 2.20. The summed E-state index contributed by atoms with van der Waals surface area (Å²) in [6, 6.07) is 6.49. The summed E-state index contributed by atoms with van der Waals surface area (Å²) in [6.07, 6.45) is 0.708. The molecule has 0 aliphatic carbocycles. The fraction of sp³-hybridized carbons (Fsp3) is 0.500. The molecule has 118 valence electrons. The molecule has 0 radical (unpaired) electrons. The zero-order valence-electron chi connectivity index (χ0n) is 13.0. The largest absolute Gasteiger partial charge is 0.369 e. The Hall–Kier alpha value is -1.95. The molecule has 0 N–H and O–H groups in total. The van der Waals surface area contributed by atoms with Crippen molar-refractivity contribution in [3.8, 4) is 0 Å². The Morgan fingerprint density at radius 1 is 1.14 bits per heavy atom. The normalized spacial score (nSPS) is 23.7. The van der Waals surface area contributed by atoms with Crippen LogP contribution in [0.4, 0.5) is 10.1 Å². The van der Waals surface area contributed by atoms with Crippen LogP contribution in [0.15, 0.2) is 29.4 Å². The second kappa shape index (κ2) is 6.04. The molecule has 0 spiro atoms. The van der Waals surface area contributed by atoms with Crippen molar-refractivity contribution < 1.29 is 9.18 Å². The van der Waals surface area contributed by atoms with Crippen molar-refractivity contribution in [2.24, 2.45) is 5.10 Å².